The zero-order chi connectivity index (χ0) is 13.8. The number of aliphatic hydroxyl groups excluding tert-OH is 1. The average molecular weight is 337 g/mol. The standard InChI is InChI=1S/C11H17BrN2O3S/c1-8(15)3-2-6-14-18(16,17)9-4-5-10(12)11(13)7-9/h4-5,7-8,14-15H,2-3,6,13H2,1H3. The van der Waals surface area contributed by atoms with Crippen LogP contribution in [0, 0.1) is 0 Å². The summed E-state index contributed by atoms with van der Waals surface area (Å²) in [4.78, 5) is 0.139. The molecule has 0 aliphatic rings. The van der Waals surface area contributed by atoms with Gasteiger partial charge in [-0.1, -0.05) is 0 Å². The van der Waals surface area contributed by atoms with Crippen LogP contribution in [0.5, 0.6) is 0 Å². The third-order valence-corrected chi connectivity index (χ3v) is 4.55. The predicted molar refractivity (Wildman–Crippen MR) is 74.7 cm³/mol. The summed E-state index contributed by atoms with van der Waals surface area (Å²) < 4.78 is 26.9. The first kappa shape index (κ1) is 15.4. The molecule has 1 aromatic rings. The fraction of sp³-hybridized carbons (Fsp3) is 0.455. The molecule has 0 saturated heterocycles. The molecule has 0 radical (unpaired) electrons. The second kappa shape index (κ2) is 6.51. The first-order valence-electron chi connectivity index (χ1n) is 5.55. The van der Waals surface area contributed by atoms with Crippen molar-refractivity contribution in [1.29, 1.82) is 0 Å². The highest BCUT2D eigenvalue weighted by atomic mass is 79.9. The van der Waals surface area contributed by atoms with Crippen molar-refractivity contribution in [2.75, 3.05) is 12.3 Å². The molecule has 5 nitrogen and oxygen atoms in total. The van der Waals surface area contributed by atoms with Crippen molar-refractivity contribution in [3.63, 3.8) is 0 Å². The van der Waals surface area contributed by atoms with Crippen molar-refractivity contribution in [2.24, 2.45) is 0 Å². The number of sulfonamides is 1. The third kappa shape index (κ3) is 4.56. The molecule has 0 bridgehead atoms. The number of halogens is 1. The van der Waals surface area contributed by atoms with Crippen molar-refractivity contribution in [3.05, 3.63) is 22.7 Å². The molecule has 0 fully saturated rings. The molecule has 0 spiro atoms. The molecule has 1 aromatic carbocycles. The Bertz CT molecular complexity index is 503. The van der Waals surface area contributed by atoms with E-state index in [1.807, 2.05) is 0 Å². The van der Waals surface area contributed by atoms with E-state index in [4.69, 9.17) is 10.8 Å². The summed E-state index contributed by atoms with van der Waals surface area (Å²) in [5.41, 5.74) is 6.02. The Morgan fingerprint density at radius 2 is 2.17 bits per heavy atom. The van der Waals surface area contributed by atoms with Crippen LogP contribution < -0.4 is 10.5 Å². The van der Waals surface area contributed by atoms with Crippen LogP contribution in [0.1, 0.15) is 19.8 Å². The van der Waals surface area contributed by atoms with Gasteiger partial charge in [0.15, 0.2) is 0 Å². The molecule has 7 heteroatoms. The number of hydrogen-bond acceptors (Lipinski definition) is 4. The zero-order valence-corrected chi connectivity index (χ0v) is 12.5. The van der Waals surface area contributed by atoms with Crippen LogP contribution in [0.3, 0.4) is 0 Å². The van der Waals surface area contributed by atoms with E-state index >= 15 is 0 Å². The van der Waals surface area contributed by atoms with E-state index in [0.717, 1.165) is 0 Å². The summed E-state index contributed by atoms with van der Waals surface area (Å²) in [5, 5.41) is 9.07. The van der Waals surface area contributed by atoms with Crippen LogP contribution in [0.4, 0.5) is 5.69 Å². The van der Waals surface area contributed by atoms with Gasteiger partial charge in [0.25, 0.3) is 0 Å². The number of anilines is 1. The third-order valence-electron chi connectivity index (χ3n) is 2.37. The Labute approximate surface area is 116 Å². The monoisotopic (exact) mass is 336 g/mol. The SMILES string of the molecule is CC(O)CCCNS(=O)(=O)c1ccc(Br)c(N)c1. The van der Waals surface area contributed by atoms with Gasteiger partial charge in [-0.05, 0) is 53.9 Å². The van der Waals surface area contributed by atoms with E-state index < -0.39 is 16.1 Å². The highest BCUT2D eigenvalue weighted by Crippen LogP contribution is 2.22. The minimum atomic E-state index is -3.53. The molecule has 102 valence electrons. The van der Waals surface area contributed by atoms with E-state index in [1.165, 1.54) is 12.1 Å². The lowest BCUT2D eigenvalue weighted by Crippen LogP contribution is -2.25. The van der Waals surface area contributed by atoms with Gasteiger partial charge in [0.05, 0.1) is 11.0 Å². The van der Waals surface area contributed by atoms with E-state index in [1.54, 1.807) is 13.0 Å². The van der Waals surface area contributed by atoms with Gasteiger partial charge in [-0.15, -0.1) is 0 Å². The van der Waals surface area contributed by atoms with E-state index in [9.17, 15) is 8.42 Å². The summed E-state index contributed by atoms with van der Waals surface area (Å²) in [7, 11) is -3.53. The molecule has 0 aliphatic heterocycles. The first-order chi connectivity index (χ1) is 8.33. The zero-order valence-electron chi connectivity index (χ0n) is 10.1. The molecule has 4 N–H and O–H groups in total. The van der Waals surface area contributed by atoms with Gasteiger partial charge in [-0.3, -0.25) is 0 Å². The molecular weight excluding hydrogens is 320 g/mol. The maximum Gasteiger partial charge on any atom is 0.240 e. The number of nitrogens with two attached hydrogens (primary N) is 1. The number of nitrogen functional groups attached to an aromatic ring is 1. The van der Waals surface area contributed by atoms with Gasteiger partial charge < -0.3 is 10.8 Å². The van der Waals surface area contributed by atoms with Gasteiger partial charge in [-0.25, -0.2) is 13.1 Å². The highest BCUT2D eigenvalue weighted by Gasteiger charge is 2.14. The molecule has 0 heterocycles. The van der Waals surface area contributed by atoms with Crippen LogP contribution in [0.2, 0.25) is 0 Å². The van der Waals surface area contributed by atoms with Crippen molar-refractivity contribution >= 4 is 31.6 Å². The van der Waals surface area contributed by atoms with Crippen LogP contribution in [0.25, 0.3) is 0 Å². The fourth-order valence-electron chi connectivity index (χ4n) is 1.38. The summed E-state index contributed by atoms with van der Waals surface area (Å²) in [6, 6.07) is 4.48. The summed E-state index contributed by atoms with van der Waals surface area (Å²) in [6.45, 7) is 1.97. The Balaban J connectivity index is 2.66. The van der Waals surface area contributed by atoms with Crippen LogP contribution in [-0.2, 0) is 10.0 Å². The Morgan fingerprint density at radius 3 is 2.72 bits per heavy atom. The van der Waals surface area contributed by atoms with E-state index in [0.29, 0.717) is 29.5 Å². The lowest BCUT2D eigenvalue weighted by Gasteiger charge is -2.08. The summed E-state index contributed by atoms with van der Waals surface area (Å²) in [5.74, 6) is 0. The molecule has 0 amide bonds. The van der Waals surface area contributed by atoms with Crippen molar-refractivity contribution in [3.8, 4) is 0 Å². The molecular formula is C11H17BrN2O3S. The predicted octanol–water partition coefficient (Wildman–Crippen LogP) is 1.47. The van der Waals surface area contributed by atoms with Crippen LogP contribution in [-0.4, -0.2) is 26.2 Å². The highest BCUT2D eigenvalue weighted by molar-refractivity contribution is 9.10. The lowest BCUT2D eigenvalue weighted by molar-refractivity contribution is 0.182. The van der Waals surface area contributed by atoms with Crippen LogP contribution >= 0.6 is 15.9 Å². The van der Waals surface area contributed by atoms with Gasteiger partial charge in [0.1, 0.15) is 0 Å². The number of aliphatic hydroxyl groups is 1. The number of benzene rings is 1. The average Bonchev–Trinajstić information content (AvgIpc) is 2.28. The van der Waals surface area contributed by atoms with Crippen molar-refractivity contribution in [1.82, 2.24) is 4.72 Å². The Hall–Kier alpha value is -0.630. The molecule has 1 unspecified atom stereocenters. The normalized spacial score (nSPS) is 13.5. The van der Waals surface area contributed by atoms with E-state index in [-0.39, 0.29) is 4.90 Å². The largest absolute Gasteiger partial charge is 0.398 e. The maximum atomic E-state index is 11.9. The minimum Gasteiger partial charge on any atom is -0.398 e. The molecule has 0 aromatic heterocycles. The lowest BCUT2D eigenvalue weighted by atomic mass is 10.2. The molecule has 0 aliphatic carbocycles. The fourth-order valence-corrected chi connectivity index (χ4v) is 2.73. The Kier molecular flexibility index (Phi) is 5.58. The smallest absolute Gasteiger partial charge is 0.240 e. The van der Waals surface area contributed by atoms with Crippen molar-refractivity contribution in [2.45, 2.75) is 30.8 Å². The number of hydrogen-bond donors (Lipinski definition) is 3. The van der Waals surface area contributed by atoms with Gasteiger partial charge >= 0.3 is 0 Å². The molecule has 1 atom stereocenters. The van der Waals surface area contributed by atoms with Gasteiger partial charge in [0.2, 0.25) is 10.0 Å². The summed E-state index contributed by atoms with van der Waals surface area (Å²) >= 11 is 3.21. The molecule has 1 rings (SSSR count). The first-order valence-corrected chi connectivity index (χ1v) is 7.83. The number of nitrogens with one attached hydrogen (secondary N) is 1. The van der Waals surface area contributed by atoms with Gasteiger partial charge in [-0.2, -0.15) is 0 Å². The molecule has 18 heavy (non-hydrogen) atoms. The topological polar surface area (TPSA) is 92.4 Å². The van der Waals surface area contributed by atoms with Gasteiger partial charge in [0, 0.05) is 16.7 Å². The van der Waals surface area contributed by atoms with Crippen molar-refractivity contribution < 1.29 is 13.5 Å². The summed E-state index contributed by atoms with van der Waals surface area (Å²) in [6.07, 6.45) is 0.728. The second-order valence-electron chi connectivity index (χ2n) is 4.07. The minimum absolute atomic E-state index is 0.139. The van der Waals surface area contributed by atoms with E-state index in [2.05, 4.69) is 20.7 Å². The Morgan fingerprint density at radius 1 is 1.50 bits per heavy atom. The maximum absolute atomic E-state index is 11.9. The molecule has 0 saturated carbocycles. The quantitative estimate of drug-likeness (QED) is 0.541. The number of rotatable bonds is 6. The van der Waals surface area contributed by atoms with Crippen LogP contribution in [0.15, 0.2) is 27.6 Å². The second-order valence-corrected chi connectivity index (χ2v) is 6.69.